The van der Waals surface area contributed by atoms with Crippen LogP contribution in [0.2, 0.25) is 0 Å². The maximum atomic E-state index is 12.0. The smallest absolute Gasteiger partial charge is 0.338 e. The van der Waals surface area contributed by atoms with Crippen LogP contribution in [0.25, 0.3) is 0 Å². The van der Waals surface area contributed by atoms with Gasteiger partial charge in [-0.25, -0.2) is 4.79 Å². The third-order valence-corrected chi connectivity index (χ3v) is 4.42. The van der Waals surface area contributed by atoms with Gasteiger partial charge >= 0.3 is 5.97 Å². The van der Waals surface area contributed by atoms with E-state index in [1.54, 1.807) is 0 Å². The number of nitro groups is 1. The van der Waals surface area contributed by atoms with Crippen LogP contribution in [0.15, 0.2) is 42.5 Å². The van der Waals surface area contributed by atoms with Crippen molar-refractivity contribution >= 4 is 23.3 Å². The van der Waals surface area contributed by atoms with Gasteiger partial charge in [-0.15, -0.1) is 0 Å². The number of rotatable bonds is 9. The Hall–Kier alpha value is -3.42. The number of amides is 1. The van der Waals surface area contributed by atoms with E-state index in [2.05, 4.69) is 16.3 Å². The van der Waals surface area contributed by atoms with Crippen molar-refractivity contribution in [2.45, 2.75) is 20.8 Å². The Balaban J connectivity index is 1.80. The number of ether oxygens (including phenoxy) is 1. The monoisotopic (exact) mass is 399 g/mol. The van der Waals surface area contributed by atoms with E-state index >= 15 is 0 Å². The zero-order chi connectivity index (χ0) is 21.4. The lowest BCUT2D eigenvalue weighted by atomic mass is 10.1. The van der Waals surface area contributed by atoms with Gasteiger partial charge < -0.3 is 15.0 Å². The van der Waals surface area contributed by atoms with E-state index in [1.165, 1.54) is 30.7 Å². The summed E-state index contributed by atoms with van der Waals surface area (Å²) < 4.78 is 5.00. The predicted molar refractivity (Wildman–Crippen MR) is 110 cm³/mol. The van der Waals surface area contributed by atoms with Gasteiger partial charge in [0.1, 0.15) is 0 Å². The molecule has 0 unspecified atom stereocenters. The second-order valence-corrected chi connectivity index (χ2v) is 6.60. The van der Waals surface area contributed by atoms with Crippen molar-refractivity contribution in [3.05, 3.63) is 69.3 Å². The van der Waals surface area contributed by atoms with Crippen molar-refractivity contribution in [2.75, 3.05) is 31.1 Å². The number of anilines is 1. The molecule has 2 rings (SSSR count). The Bertz CT molecular complexity index is 898. The standard InChI is InChI=1S/C21H25N3O5/c1-4-23(18-7-5-6-15(2)12-18)11-10-22-20(25)14-29-21(26)17-8-9-19(24(27)28)16(3)13-17/h5-9,12-13H,4,10-11,14H2,1-3H3,(H,22,25). The topological polar surface area (TPSA) is 102 Å². The molecule has 154 valence electrons. The molecule has 29 heavy (non-hydrogen) atoms. The number of likely N-dealkylation sites (N-methyl/N-ethyl adjacent to an activating group) is 1. The normalized spacial score (nSPS) is 10.3. The minimum atomic E-state index is -0.701. The molecular weight excluding hydrogens is 374 g/mol. The van der Waals surface area contributed by atoms with Crippen LogP contribution in [0.1, 0.15) is 28.4 Å². The van der Waals surface area contributed by atoms with E-state index in [4.69, 9.17) is 4.74 Å². The van der Waals surface area contributed by atoms with Crippen LogP contribution in [-0.2, 0) is 9.53 Å². The van der Waals surface area contributed by atoms with Gasteiger partial charge in [0.2, 0.25) is 0 Å². The molecule has 0 aromatic heterocycles. The quantitative estimate of drug-likeness (QED) is 0.395. The van der Waals surface area contributed by atoms with Gasteiger partial charge in [-0.2, -0.15) is 0 Å². The van der Waals surface area contributed by atoms with Gasteiger partial charge in [0.15, 0.2) is 6.61 Å². The second-order valence-electron chi connectivity index (χ2n) is 6.60. The summed E-state index contributed by atoms with van der Waals surface area (Å²) in [7, 11) is 0. The van der Waals surface area contributed by atoms with Crippen molar-refractivity contribution in [2.24, 2.45) is 0 Å². The highest BCUT2D eigenvalue weighted by Crippen LogP contribution is 2.19. The summed E-state index contributed by atoms with van der Waals surface area (Å²) in [6, 6.07) is 12.1. The van der Waals surface area contributed by atoms with E-state index in [0.29, 0.717) is 18.7 Å². The first-order valence-electron chi connectivity index (χ1n) is 9.32. The molecular formula is C21H25N3O5. The van der Waals surface area contributed by atoms with Crippen LogP contribution < -0.4 is 10.2 Å². The van der Waals surface area contributed by atoms with E-state index < -0.39 is 23.4 Å². The molecule has 1 N–H and O–H groups in total. The molecule has 2 aromatic carbocycles. The molecule has 0 aliphatic carbocycles. The SMILES string of the molecule is CCN(CCNC(=O)COC(=O)c1ccc([N+](=O)[O-])c(C)c1)c1cccc(C)c1. The number of carbonyl (C=O) groups excluding carboxylic acids is 2. The molecule has 0 heterocycles. The molecule has 0 radical (unpaired) electrons. The first-order chi connectivity index (χ1) is 13.8. The number of nitrogens with zero attached hydrogens (tertiary/aromatic N) is 2. The maximum absolute atomic E-state index is 12.0. The molecule has 0 aliphatic heterocycles. The Labute approximate surface area is 169 Å². The van der Waals surface area contributed by atoms with Crippen molar-refractivity contribution in [3.8, 4) is 0 Å². The van der Waals surface area contributed by atoms with Crippen molar-refractivity contribution in [1.29, 1.82) is 0 Å². The average Bonchev–Trinajstić information content (AvgIpc) is 2.69. The Morgan fingerprint density at radius 1 is 1.17 bits per heavy atom. The highest BCUT2D eigenvalue weighted by molar-refractivity contribution is 5.91. The van der Waals surface area contributed by atoms with E-state index in [1.807, 2.05) is 32.0 Å². The lowest BCUT2D eigenvalue weighted by Gasteiger charge is -2.23. The maximum Gasteiger partial charge on any atom is 0.338 e. The lowest BCUT2D eigenvalue weighted by molar-refractivity contribution is -0.385. The van der Waals surface area contributed by atoms with Crippen LogP contribution in [-0.4, -0.2) is 43.0 Å². The van der Waals surface area contributed by atoms with Crippen LogP contribution in [0.4, 0.5) is 11.4 Å². The van der Waals surface area contributed by atoms with Gasteiger partial charge in [0, 0.05) is 37.0 Å². The molecule has 8 heteroatoms. The van der Waals surface area contributed by atoms with Crippen LogP contribution in [0, 0.1) is 24.0 Å². The fourth-order valence-corrected chi connectivity index (χ4v) is 2.88. The summed E-state index contributed by atoms with van der Waals surface area (Å²) in [6.07, 6.45) is 0. The van der Waals surface area contributed by atoms with Gasteiger partial charge in [0.05, 0.1) is 10.5 Å². The fourth-order valence-electron chi connectivity index (χ4n) is 2.88. The molecule has 0 aliphatic rings. The summed E-state index contributed by atoms with van der Waals surface area (Å²) in [6.45, 7) is 7.03. The minimum Gasteiger partial charge on any atom is -0.452 e. The van der Waals surface area contributed by atoms with Gasteiger partial charge in [-0.3, -0.25) is 14.9 Å². The number of hydrogen-bond acceptors (Lipinski definition) is 6. The van der Waals surface area contributed by atoms with E-state index in [0.717, 1.165) is 12.2 Å². The van der Waals surface area contributed by atoms with Crippen molar-refractivity contribution in [3.63, 3.8) is 0 Å². The highest BCUT2D eigenvalue weighted by atomic mass is 16.6. The molecule has 0 fully saturated rings. The molecule has 0 spiro atoms. The number of nitrogens with one attached hydrogen (secondary N) is 1. The second kappa shape index (κ2) is 10.2. The Morgan fingerprint density at radius 2 is 1.93 bits per heavy atom. The third kappa shape index (κ3) is 6.31. The summed E-state index contributed by atoms with van der Waals surface area (Å²) in [4.78, 5) is 36.4. The third-order valence-electron chi connectivity index (χ3n) is 4.42. The van der Waals surface area contributed by atoms with Crippen LogP contribution in [0.5, 0.6) is 0 Å². The van der Waals surface area contributed by atoms with Gasteiger partial charge in [-0.05, 0) is 50.6 Å². The zero-order valence-electron chi connectivity index (χ0n) is 16.8. The number of aryl methyl sites for hydroxylation is 2. The minimum absolute atomic E-state index is 0.0756. The molecule has 0 saturated heterocycles. The average molecular weight is 399 g/mol. The van der Waals surface area contributed by atoms with E-state index in [-0.39, 0.29) is 11.3 Å². The molecule has 2 aromatic rings. The molecule has 1 amide bonds. The van der Waals surface area contributed by atoms with Crippen molar-refractivity contribution in [1.82, 2.24) is 5.32 Å². The highest BCUT2D eigenvalue weighted by Gasteiger charge is 2.15. The van der Waals surface area contributed by atoms with Crippen LogP contribution >= 0.6 is 0 Å². The number of carbonyl (C=O) groups is 2. The summed E-state index contributed by atoms with van der Waals surface area (Å²) in [5.74, 6) is -1.11. The molecule has 0 bridgehead atoms. The van der Waals surface area contributed by atoms with Crippen molar-refractivity contribution < 1.29 is 19.2 Å². The first kappa shape index (κ1) is 21.9. The Kier molecular flexibility index (Phi) is 7.70. The van der Waals surface area contributed by atoms with E-state index in [9.17, 15) is 19.7 Å². The van der Waals surface area contributed by atoms with Crippen LogP contribution in [0.3, 0.4) is 0 Å². The summed E-state index contributed by atoms with van der Waals surface area (Å²) in [5, 5.41) is 13.6. The summed E-state index contributed by atoms with van der Waals surface area (Å²) in [5.41, 5.74) is 2.69. The summed E-state index contributed by atoms with van der Waals surface area (Å²) >= 11 is 0. The largest absolute Gasteiger partial charge is 0.452 e. The number of esters is 1. The van der Waals surface area contributed by atoms with Gasteiger partial charge in [0.25, 0.3) is 11.6 Å². The zero-order valence-corrected chi connectivity index (χ0v) is 16.8. The lowest BCUT2D eigenvalue weighted by Crippen LogP contribution is -2.36. The van der Waals surface area contributed by atoms with Gasteiger partial charge in [-0.1, -0.05) is 12.1 Å². The molecule has 0 atom stereocenters. The number of hydrogen-bond donors (Lipinski definition) is 1. The fraction of sp³-hybridized carbons (Fsp3) is 0.333. The number of benzene rings is 2. The molecule has 0 saturated carbocycles. The molecule has 8 nitrogen and oxygen atoms in total. The Morgan fingerprint density at radius 3 is 2.55 bits per heavy atom. The number of nitro benzene ring substituents is 1. The first-order valence-corrected chi connectivity index (χ1v) is 9.32. The predicted octanol–water partition coefficient (Wildman–Crippen LogP) is 3.01.